The van der Waals surface area contributed by atoms with E-state index >= 15 is 0 Å². The van der Waals surface area contributed by atoms with E-state index in [1.54, 1.807) is 18.3 Å². The fraction of sp³-hybridized carbons (Fsp3) is 0.417. The lowest BCUT2D eigenvalue weighted by Gasteiger charge is -2.35. The Morgan fingerprint density at radius 1 is 1.03 bits per heavy atom. The summed E-state index contributed by atoms with van der Waals surface area (Å²) in [5.74, 6) is 0.394. The molecule has 0 radical (unpaired) electrons. The average Bonchev–Trinajstić information content (AvgIpc) is 3.19. The number of ether oxygens (including phenoxy) is 1. The number of alkyl halides is 3. The van der Waals surface area contributed by atoms with Crippen LogP contribution in [0.3, 0.4) is 0 Å². The Morgan fingerprint density at radius 2 is 1.77 bits per heavy atom. The van der Waals surface area contributed by atoms with Crippen LogP contribution in [0, 0.1) is 0 Å². The zero-order chi connectivity index (χ0) is 24.7. The molecule has 5 rings (SSSR count). The molecule has 8 nitrogen and oxygen atoms in total. The number of benzene rings is 1. The molecule has 0 amide bonds. The van der Waals surface area contributed by atoms with Gasteiger partial charge in [-0.25, -0.2) is 9.97 Å². The van der Waals surface area contributed by atoms with Gasteiger partial charge < -0.3 is 20.1 Å². The molecule has 184 valence electrons. The first-order valence-corrected chi connectivity index (χ1v) is 11.4. The lowest BCUT2D eigenvalue weighted by atomic mass is 9.99. The van der Waals surface area contributed by atoms with E-state index in [0.29, 0.717) is 40.6 Å². The van der Waals surface area contributed by atoms with Crippen molar-refractivity contribution in [2.24, 2.45) is 0 Å². The minimum absolute atomic E-state index is 0.126. The van der Waals surface area contributed by atoms with Crippen LogP contribution in [0.1, 0.15) is 31.4 Å². The molecular formula is C24H25F3N6O2. The van der Waals surface area contributed by atoms with Crippen LogP contribution in [0.15, 0.2) is 36.7 Å². The molecule has 1 aromatic carbocycles. The summed E-state index contributed by atoms with van der Waals surface area (Å²) in [5, 5.41) is 22.8. The largest absolute Gasteiger partial charge is 0.507 e. The number of phenolic OH excluding ortho intramolecular Hbond substituents is 1. The Labute approximate surface area is 200 Å². The molecule has 0 spiro atoms. The summed E-state index contributed by atoms with van der Waals surface area (Å²) < 4.78 is 44.1. The van der Waals surface area contributed by atoms with Crippen LogP contribution in [-0.2, 0) is 6.18 Å². The van der Waals surface area contributed by atoms with E-state index in [9.17, 15) is 18.3 Å². The molecule has 2 saturated heterocycles. The maximum absolute atomic E-state index is 13.1. The molecule has 2 fully saturated rings. The second-order valence-electron chi connectivity index (χ2n) is 9.02. The molecular weight excluding hydrogens is 461 g/mol. The zero-order valence-electron chi connectivity index (χ0n) is 19.3. The summed E-state index contributed by atoms with van der Waals surface area (Å²) in [6.07, 6.45) is 2.64. The number of halogens is 3. The minimum atomic E-state index is -4.63. The Kier molecular flexibility index (Phi) is 5.96. The number of pyridine rings is 1. The van der Waals surface area contributed by atoms with Gasteiger partial charge in [-0.15, -0.1) is 10.2 Å². The van der Waals surface area contributed by atoms with E-state index in [1.165, 1.54) is 25.0 Å². The summed E-state index contributed by atoms with van der Waals surface area (Å²) in [7, 11) is 3.15. The van der Waals surface area contributed by atoms with Crippen LogP contribution in [0.4, 0.5) is 19.0 Å². The molecule has 3 atom stereocenters. The van der Waals surface area contributed by atoms with Gasteiger partial charge in [-0.2, -0.15) is 13.2 Å². The highest BCUT2D eigenvalue weighted by atomic mass is 19.4. The molecule has 2 N–H and O–H groups in total. The molecule has 3 aromatic rings. The fourth-order valence-corrected chi connectivity index (χ4v) is 4.96. The third-order valence-electron chi connectivity index (χ3n) is 6.82. The van der Waals surface area contributed by atoms with Gasteiger partial charge in [0, 0.05) is 36.9 Å². The number of fused-ring (bicyclic) bond motifs is 2. The normalized spacial score (nSPS) is 21.7. The number of aromatic nitrogens is 4. The molecule has 2 aliphatic heterocycles. The number of phenols is 1. The summed E-state index contributed by atoms with van der Waals surface area (Å²) in [4.78, 5) is 10.0. The SMILES string of the molecule is COc1cc(-c2ccc(-c3ncc(N(C)[C@@H]4C[C@H]5CC[C@@H](C4)N5)nn3)c(O)c2)cnc1C(F)(F)F. The number of anilines is 1. The molecule has 2 aromatic heterocycles. The third-order valence-corrected chi connectivity index (χ3v) is 6.82. The van der Waals surface area contributed by atoms with Crippen LogP contribution >= 0.6 is 0 Å². The highest BCUT2D eigenvalue weighted by Crippen LogP contribution is 2.38. The van der Waals surface area contributed by atoms with E-state index in [-0.39, 0.29) is 11.6 Å². The Morgan fingerprint density at radius 3 is 2.37 bits per heavy atom. The van der Waals surface area contributed by atoms with Gasteiger partial charge in [-0.05, 0) is 49.4 Å². The number of nitrogens with one attached hydrogen (secondary N) is 1. The first-order valence-electron chi connectivity index (χ1n) is 11.4. The molecule has 2 bridgehead atoms. The predicted octanol–water partition coefficient (Wildman–Crippen LogP) is 4.05. The highest BCUT2D eigenvalue weighted by Gasteiger charge is 2.37. The summed E-state index contributed by atoms with van der Waals surface area (Å²) in [6, 6.07) is 7.38. The maximum Gasteiger partial charge on any atom is 0.437 e. The van der Waals surface area contributed by atoms with Crippen molar-refractivity contribution in [3.8, 4) is 34.0 Å². The zero-order valence-corrected chi connectivity index (χ0v) is 19.3. The Balaban J connectivity index is 1.35. The molecule has 35 heavy (non-hydrogen) atoms. The lowest BCUT2D eigenvalue weighted by Crippen LogP contribution is -2.47. The Hall–Kier alpha value is -3.47. The van der Waals surface area contributed by atoms with Gasteiger partial charge in [0.25, 0.3) is 0 Å². The van der Waals surface area contributed by atoms with Crippen LogP contribution < -0.4 is 15.0 Å². The molecule has 0 aliphatic carbocycles. The predicted molar refractivity (Wildman–Crippen MR) is 123 cm³/mol. The monoisotopic (exact) mass is 486 g/mol. The smallest absolute Gasteiger partial charge is 0.437 e. The third kappa shape index (κ3) is 4.60. The second-order valence-corrected chi connectivity index (χ2v) is 9.02. The Bertz CT molecular complexity index is 1210. The molecule has 4 heterocycles. The maximum atomic E-state index is 13.1. The van der Waals surface area contributed by atoms with Crippen LogP contribution in [0.5, 0.6) is 11.5 Å². The van der Waals surface area contributed by atoms with Gasteiger partial charge in [0.2, 0.25) is 0 Å². The summed E-state index contributed by atoms with van der Waals surface area (Å²) in [5.41, 5.74) is 0.0905. The standard InChI is InChI=1S/C24H25F3N6O2/c1-33(17-9-15-4-5-16(10-17)30-15)21-12-29-23(32-31-21)18-6-3-13(7-19(18)34)14-8-20(35-2)22(28-11-14)24(25,26)27/h3,6-8,11-12,15-17,30,34H,4-5,9-10H2,1-2H3/t15-,16+,17-. The van der Waals surface area contributed by atoms with Gasteiger partial charge in [0.1, 0.15) is 11.5 Å². The van der Waals surface area contributed by atoms with Gasteiger partial charge in [0.05, 0.1) is 18.9 Å². The van der Waals surface area contributed by atoms with Crippen molar-refractivity contribution >= 4 is 5.82 Å². The van der Waals surface area contributed by atoms with Gasteiger partial charge in [-0.1, -0.05) is 6.07 Å². The molecule has 11 heteroatoms. The van der Waals surface area contributed by atoms with E-state index in [2.05, 4.69) is 30.4 Å². The number of piperidine rings is 1. The quantitative estimate of drug-likeness (QED) is 0.558. The van der Waals surface area contributed by atoms with Crippen molar-refractivity contribution < 1.29 is 23.0 Å². The van der Waals surface area contributed by atoms with Crippen molar-refractivity contribution in [3.63, 3.8) is 0 Å². The van der Waals surface area contributed by atoms with E-state index in [4.69, 9.17) is 4.74 Å². The van der Waals surface area contributed by atoms with Gasteiger partial charge >= 0.3 is 6.18 Å². The van der Waals surface area contributed by atoms with Crippen molar-refractivity contribution in [1.29, 1.82) is 0 Å². The summed E-state index contributed by atoms with van der Waals surface area (Å²) in [6.45, 7) is 0. The topological polar surface area (TPSA) is 96.3 Å². The van der Waals surface area contributed by atoms with Crippen molar-refractivity contribution in [2.75, 3.05) is 19.1 Å². The first kappa shape index (κ1) is 23.3. The van der Waals surface area contributed by atoms with E-state index in [1.807, 2.05) is 7.05 Å². The van der Waals surface area contributed by atoms with Crippen LogP contribution in [0.25, 0.3) is 22.5 Å². The number of methoxy groups -OCH3 is 1. The number of hydrogen-bond acceptors (Lipinski definition) is 8. The first-order chi connectivity index (χ1) is 16.7. The number of aromatic hydroxyl groups is 1. The molecule has 0 unspecified atom stereocenters. The van der Waals surface area contributed by atoms with E-state index < -0.39 is 17.6 Å². The second kappa shape index (κ2) is 8.95. The highest BCUT2D eigenvalue weighted by molar-refractivity contribution is 5.73. The molecule has 2 aliphatic rings. The summed E-state index contributed by atoms with van der Waals surface area (Å²) >= 11 is 0. The van der Waals surface area contributed by atoms with Crippen molar-refractivity contribution in [1.82, 2.24) is 25.5 Å². The van der Waals surface area contributed by atoms with Crippen LogP contribution in [-0.4, -0.2) is 57.6 Å². The number of rotatable bonds is 5. The fourth-order valence-electron chi connectivity index (χ4n) is 4.96. The number of nitrogens with zero attached hydrogens (tertiary/aromatic N) is 5. The molecule has 0 saturated carbocycles. The van der Waals surface area contributed by atoms with Crippen LogP contribution in [0.2, 0.25) is 0 Å². The minimum Gasteiger partial charge on any atom is -0.507 e. The van der Waals surface area contributed by atoms with E-state index in [0.717, 1.165) is 26.1 Å². The number of hydrogen-bond donors (Lipinski definition) is 2. The van der Waals surface area contributed by atoms with Gasteiger partial charge in [-0.3, -0.25) is 0 Å². The lowest BCUT2D eigenvalue weighted by molar-refractivity contribution is -0.142. The van der Waals surface area contributed by atoms with Crippen molar-refractivity contribution in [3.05, 3.63) is 42.4 Å². The van der Waals surface area contributed by atoms with Gasteiger partial charge in [0.15, 0.2) is 17.3 Å². The van der Waals surface area contributed by atoms with Crippen molar-refractivity contribution in [2.45, 2.75) is 50.0 Å². The average molecular weight is 486 g/mol.